The van der Waals surface area contributed by atoms with Gasteiger partial charge in [-0.2, -0.15) is 5.10 Å². The van der Waals surface area contributed by atoms with Crippen LogP contribution in [-0.4, -0.2) is 73.0 Å². The zero-order valence-corrected chi connectivity index (χ0v) is 13.1. The fraction of sp³-hybridized carbons (Fsp3) is 0.733. The topological polar surface area (TPSA) is 82.3 Å². The minimum Gasteiger partial charge on any atom is -0.379 e. The van der Waals surface area contributed by atoms with Gasteiger partial charge < -0.3 is 15.4 Å². The van der Waals surface area contributed by atoms with Crippen LogP contribution in [0.3, 0.4) is 0 Å². The Balaban J connectivity index is 1.51. The molecule has 7 heteroatoms. The van der Waals surface area contributed by atoms with Crippen LogP contribution in [0.1, 0.15) is 35.3 Å². The summed E-state index contributed by atoms with van der Waals surface area (Å²) in [5.41, 5.74) is 1.64. The Bertz CT molecular complexity index is 498. The maximum Gasteiger partial charge on any atom is 0.254 e. The zero-order chi connectivity index (χ0) is 15.4. The predicted molar refractivity (Wildman–Crippen MR) is 83.0 cm³/mol. The highest BCUT2D eigenvalue weighted by atomic mass is 16.5. The fourth-order valence-corrected chi connectivity index (χ4v) is 3.19. The highest BCUT2D eigenvalue weighted by molar-refractivity contribution is 5.95. The molecule has 2 aliphatic rings. The first-order chi connectivity index (χ1) is 10.8. The van der Waals surface area contributed by atoms with E-state index in [0.29, 0.717) is 24.1 Å². The van der Waals surface area contributed by atoms with Gasteiger partial charge in [-0.3, -0.25) is 14.8 Å². The monoisotopic (exact) mass is 307 g/mol. The van der Waals surface area contributed by atoms with Crippen LogP contribution in [0.4, 0.5) is 0 Å². The summed E-state index contributed by atoms with van der Waals surface area (Å²) < 4.78 is 5.42. The number of hydrogen-bond donors (Lipinski definition) is 3. The molecule has 0 saturated carbocycles. The average molecular weight is 307 g/mol. The van der Waals surface area contributed by atoms with Crippen molar-refractivity contribution in [3.05, 3.63) is 17.5 Å². The number of aromatic amines is 1. The van der Waals surface area contributed by atoms with Crippen LogP contribution in [0.25, 0.3) is 0 Å². The standard InChI is InChI=1S/C15H25N5O2/c1-11-10-22-7-6-20(11)5-4-17-15(21)13-9-18-19-14(13)12-2-3-16-8-12/h9,11-12,16H,2-8,10H2,1H3,(H,17,21)(H,18,19). The lowest BCUT2D eigenvalue weighted by atomic mass is 10.0. The summed E-state index contributed by atoms with van der Waals surface area (Å²) in [6.07, 6.45) is 2.69. The Labute approximate surface area is 130 Å². The third-order valence-corrected chi connectivity index (χ3v) is 4.57. The molecule has 0 aromatic carbocycles. The number of aromatic nitrogens is 2. The van der Waals surface area contributed by atoms with Gasteiger partial charge >= 0.3 is 0 Å². The number of nitrogens with one attached hydrogen (secondary N) is 3. The van der Waals surface area contributed by atoms with Gasteiger partial charge in [0.25, 0.3) is 5.91 Å². The first kappa shape index (κ1) is 15.5. The van der Waals surface area contributed by atoms with Gasteiger partial charge in [0.1, 0.15) is 0 Å². The molecule has 0 spiro atoms. The molecule has 2 atom stereocenters. The van der Waals surface area contributed by atoms with E-state index in [2.05, 4.69) is 32.7 Å². The van der Waals surface area contributed by atoms with E-state index in [0.717, 1.165) is 51.5 Å². The number of carbonyl (C=O) groups excluding carboxylic acids is 1. The first-order valence-electron chi connectivity index (χ1n) is 8.09. The minimum absolute atomic E-state index is 0.0310. The van der Waals surface area contributed by atoms with Crippen LogP contribution in [0.15, 0.2) is 6.20 Å². The summed E-state index contributed by atoms with van der Waals surface area (Å²) >= 11 is 0. The van der Waals surface area contributed by atoms with Crippen molar-refractivity contribution in [2.45, 2.75) is 25.3 Å². The molecule has 122 valence electrons. The molecule has 3 rings (SSSR count). The molecular weight excluding hydrogens is 282 g/mol. The van der Waals surface area contributed by atoms with E-state index in [1.54, 1.807) is 6.20 Å². The number of rotatable bonds is 5. The summed E-state index contributed by atoms with van der Waals surface area (Å²) in [5.74, 6) is 0.332. The van der Waals surface area contributed by atoms with E-state index in [-0.39, 0.29) is 5.91 Å². The fourth-order valence-electron chi connectivity index (χ4n) is 3.19. The number of nitrogens with zero attached hydrogens (tertiary/aromatic N) is 2. The summed E-state index contributed by atoms with van der Waals surface area (Å²) in [6.45, 7) is 8.05. The summed E-state index contributed by atoms with van der Waals surface area (Å²) in [5, 5.41) is 13.4. The number of H-pyrrole nitrogens is 1. The van der Waals surface area contributed by atoms with Crippen LogP contribution in [0, 0.1) is 0 Å². The molecule has 2 aliphatic heterocycles. The number of carbonyl (C=O) groups is 1. The van der Waals surface area contributed by atoms with Gasteiger partial charge in [0, 0.05) is 38.1 Å². The van der Waals surface area contributed by atoms with E-state index in [9.17, 15) is 4.79 Å². The van der Waals surface area contributed by atoms with Gasteiger partial charge in [-0.1, -0.05) is 0 Å². The first-order valence-corrected chi connectivity index (χ1v) is 8.09. The minimum atomic E-state index is -0.0310. The molecule has 0 bridgehead atoms. The van der Waals surface area contributed by atoms with Crippen LogP contribution in [0.2, 0.25) is 0 Å². The van der Waals surface area contributed by atoms with Crippen molar-refractivity contribution in [2.24, 2.45) is 0 Å². The quantitative estimate of drug-likeness (QED) is 0.710. The second-order valence-corrected chi connectivity index (χ2v) is 6.10. The second-order valence-electron chi connectivity index (χ2n) is 6.10. The van der Waals surface area contributed by atoms with E-state index >= 15 is 0 Å². The normalized spacial score (nSPS) is 26.2. The van der Waals surface area contributed by atoms with Gasteiger partial charge in [0.05, 0.1) is 30.7 Å². The van der Waals surface area contributed by atoms with Crippen molar-refractivity contribution in [1.82, 2.24) is 25.7 Å². The SMILES string of the molecule is CC1COCCN1CCNC(=O)c1cn[nH]c1C1CCNC1. The third kappa shape index (κ3) is 3.48. The number of ether oxygens (including phenoxy) is 1. The van der Waals surface area contributed by atoms with Crippen molar-refractivity contribution in [2.75, 3.05) is 45.9 Å². The lowest BCUT2D eigenvalue weighted by Crippen LogP contribution is -2.46. The summed E-state index contributed by atoms with van der Waals surface area (Å²) in [4.78, 5) is 14.7. The third-order valence-electron chi connectivity index (χ3n) is 4.57. The van der Waals surface area contributed by atoms with Crippen LogP contribution in [-0.2, 0) is 4.74 Å². The van der Waals surface area contributed by atoms with Crippen molar-refractivity contribution in [3.63, 3.8) is 0 Å². The molecule has 3 heterocycles. The molecule has 0 aliphatic carbocycles. The summed E-state index contributed by atoms with van der Waals surface area (Å²) in [7, 11) is 0. The van der Waals surface area contributed by atoms with E-state index in [4.69, 9.17) is 4.74 Å². The average Bonchev–Trinajstić information content (AvgIpc) is 3.19. The molecule has 2 fully saturated rings. The van der Waals surface area contributed by atoms with Gasteiger partial charge in [0.2, 0.25) is 0 Å². The molecule has 3 N–H and O–H groups in total. The van der Waals surface area contributed by atoms with Gasteiger partial charge in [-0.25, -0.2) is 0 Å². The highest BCUT2D eigenvalue weighted by Gasteiger charge is 2.24. The molecule has 2 saturated heterocycles. The van der Waals surface area contributed by atoms with Gasteiger partial charge in [0.15, 0.2) is 0 Å². The Morgan fingerprint density at radius 3 is 3.27 bits per heavy atom. The van der Waals surface area contributed by atoms with Crippen LogP contribution < -0.4 is 10.6 Å². The van der Waals surface area contributed by atoms with Crippen molar-refractivity contribution < 1.29 is 9.53 Å². The Morgan fingerprint density at radius 2 is 2.50 bits per heavy atom. The predicted octanol–water partition coefficient (Wildman–Crippen LogP) is -0.0629. The molecular formula is C15H25N5O2. The molecule has 1 aromatic rings. The number of morpholine rings is 1. The van der Waals surface area contributed by atoms with Crippen LogP contribution in [0.5, 0.6) is 0 Å². The number of amides is 1. The van der Waals surface area contributed by atoms with Gasteiger partial charge in [-0.05, 0) is 19.9 Å². The van der Waals surface area contributed by atoms with Crippen molar-refractivity contribution in [3.8, 4) is 0 Å². The summed E-state index contributed by atoms with van der Waals surface area (Å²) in [6, 6.07) is 0.416. The van der Waals surface area contributed by atoms with Crippen molar-refractivity contribution >= 4 is 5.91 Å². The van der Waals surface area contributed by atoms with E-state index < -0.39 is 0 Å². The lowest BCUT2D eigenvalue weighted by molar-refractivity contribution is 0.000539. The highest BCUT2D eigenvalue weighted by Crippen LogP contribution is 2.23. The molecule has 22 heavy (non-hydrogen) atoms. The van der Waals surface area contributed by atoms with Crippen molar-refractivity contribution in [1.29, 1.82) is 0 Å². The number of hydrogen-bond acceptors (Lipinski definition) is 5. The Kier molecular flexibility index (Phi) is 5.07. The lowest BCUT2D eigenvalue weighted by Gasteiger charge is -2.33. The molecule has 1 aromatic heterocycles. The smallest absolute Gasteiger partial charge is 0.254 e. The Morgan fingerprint density at radius 1 is 1.59 bits per heavy atom. The van der Waals surface area contributed by atoms with Crippen LogP contribution >= 0.6 is 0 Å². The largest absolute Gasteiger partial charge is 0.379 e. The van der Waals surface area contributed by atoms with E-state index in [1.165, 1.54) is 0 Å². The second kappa shape index (κ2) is 7.21. The maximum absolute atomic E-state index is 12.4. The molecule has 2 unspecified atom stereocenters. The Hall–Kier alpha value is -1.44. The van der Waals surface area contributed by atoms with Gasteiger partial charge in [-0.15, -0.1) is 0 Å². The molecule has 1 amide bonds. The van der Waals surface area contributed by atoms with E-state index in [1.807, 2.05) is 0 Å². The zero-order valence-electron chi connectivity index (χ0n) is 13.1. The molecule has 0 radical (unpaired) electrons. The molecule has 7 nitrogen and oxygen atoms in total. The maximum atomic E-state index is 12.4.